The third kappa shape index (κ3) is 3.88. The molecule has 0 saturated carbocycles. The van der Waals surface area contributed by atoms with Crippen LogP contribution in [-0.2, 0) is 11.3 Å². The van der Waals surface area contributed by atoms with Gasteiger partial charge in [0.1, 0.15) is 5.82 Å². The number of hydrogen-bond acceptors (Lipinski definition) is 5. The number of rotatable bonds is 6. The van der Waals surface area contributed by atoms with Gasteiger partial charge in [-0.2, -0.15) is 0 Å². The Morgan fingerprint density at radius 2 is 2.39 bits per heavy atom. The van der Waals surface area contributed by atoms with Gasteiger partial charge in [-0.1, -0.05) is 6.07 Å². The van der Waals surface area contributed by atoms with E-state index in [-0.39, 0.29) is 11.8 Å². The van der Waals surface area contributed by atoms with Crippen molar-refractivity contribution in [2.75, 3.05) is 19.8 Å². The predicted molar refractivity (Wildman–Crippen MR) is 90.9 cm³/mol. The average molecular weight is 333 g/mol. The Morgan fingerprint density at radius 1 is 1.52 bits per heavy atom. The van der Waals surface area contributed by atoms with Crippen molar-refractivity contribution in [3.63, 3.8) is 0 Å². The molecule has 23 heavy (non-hydrogen) atoms. The van der Waals surface area contributed by atoms with Gasteiger partial charge in [-0.05, 0) is 25.3 Å². The smallest absolute Gasteiger partial charge is 0.174 e. The van der Waals surface area contributed by atoms with E-state index < -0.39 is 0 Å². The van der Waals surface area contributed by atoms with E-state index in [1.54, 1.807) is 0 Å². The summed E-state index contributed by atoms with van der Waals surface area (Å²) in [6.07, 6.45) is 4.37. The highest BCUT2D eigenvalue weighted by Gasteiger charge is 2.27. The molecule has 0 bridgehead atoms. The van der Waals surface area contributed by atoms with Gasteiger partial charge in [-0.3, -0.25) is 9.69 Å². The lowest BCUT2D eigenvalue weighted by Gasteiger charge is -2.35. The van der Waals surface area contributed by atoms with Crippen molar-refractivity contribution < 1.29 is 9.53 Å². The molecule has 2 aromatic rings. The van der Waals surface area contributed by atoms with Crippen molar-refractivity contribution in [2.45, 2.75) is 38.9 Å². The van der Waals surface area contributed by atoms with Crippen molar-refractivity contribution in [3.05, 3.63) is 40.6 Å². The standard InChI is InChI=1S/C17H23N3O2S/c1-13(2)20-6-5-18-17(20)11-19-7-8-22-12-14(19)10-15(21)16-4-3-9-23-16/h3-6,9,13-14H,7-8,10-12H2,1-2H3/t14-/m1/s1. The summed E-state index contributed by atoms with van der Waals surface area (Å²) in [5, 5.41) is 1.95. The van der Waals surface area contributed by atoms with E-state index in [9.17, 15) is 4.79 Å². The van der Waals surface area contributed by atoms with Crippen molar-refractivity contribution in [3.8, 4) is 0 Å². The molecule has 1 saturated heterocycles. The summed E-state index contributed by atoms with van der Waals surface area (Å²) < 4.78 is 7.80. The van der Waals surface area contributed by atoms with Gasteiger partial charge in [-0.25, -0.2) is 4.98 Å². The second kappa shape index (κ2) is 7.38. The molecule has 3 rings (SSSR count). The first-order chi connectivity index (χ1) is 11.1. The van der Waals surface area contributed by atoms with E-state index in [0.29, 0.717) is 25.7 Å². The van der Waals surface area contributed by atoms with Crippen molar-refractivity contribution in [2.24, 2.45) is 0 Å². The van der Waals surface area contributed by atoms with Crippen LogP contribution in [-0.4, -0.2) is 46.0 Å². The van der Waals surface area contributed by atoms with Gasteiger partial charge in [-0.15, -0.1) is 11.3 Å². The van der Waals surface area contributed by atoms with Crippen LogP contribution in [0.5, 0.6) is 0 Å². The van der Waals surface area contributed by atoms with Crippen LogP contribution in [0, 0.1) is 0 Å². The van der Waals surface area contributed by atoms with E-state index in [4.69, 9.17) is 4.74 Å². The molecular weight excluding hydrogens is 310 g/mol. The zero-order chi connectivity index (χ0) is 16.2. The Morgan fingerprint density at radius 3 is 3.13 bits per heavy atom. The number of thiophene rings is 1. The SMILES string of the molecule is CC(C)n1ccnc1CN1CCOC[C@H]1CC(=O)c1cccs1. The third-order valence-corrected chi connectivity index (χ3v) is 5.13. The first-order valence-corrected chi connectivity index (χ1v) is 8.93. The maximum Gasteiger partial charge on any atom is 0.174 e. The molecule has 0 aromatic carbocycles. The second-order valence-electron chi connectivity index (χ2n) is 6.15. The van der Waals surface area contributed by atoms with Gasteiger partial charge in [0.15, 0.2) is 5.78 Å². The Hall–Kier alpha value is -1.50. The molecule has 124 valence electrons. The minimum atomic E-state index is 0.121. The molecule has 3 heterocycles. The average Bonchev–Trinajstić information content (AvgIpc) is 3.20. The minimum absolute atomic E-state index is 0.121. The summed E-state index contributed by atoms with van der Waals surface area (Å²) in [7, 11) is 0. The Bertz CT molecular complexity index is 636. The number of carbonyl (C=O) groups is 1. The van der Waals surface area contributed by atoms with Gasteiger partial charge >= 0.3 is 0 Å². The van der Waals surface area contributed by atoms with E-state index in [1.165, 1.54) is 11.3 Å². The van der Waals surface area contributed by atoms with Crippen LogP contribution >= 0.6 is 11.3 Å². The molecule has 1 atom stereocenters. The molecule has 0 spiro atoms. The van der Waals surface area contributed by atoms with E-state index in [2.05, 4.69) is 28.3 Å². The molecule has 1 fully saturated rings. The first kappa shape index (κ1) is 16.4. The summed E-state index contributed by atoms with van der Waals surface area (Å²) in [6, 6.07) is 4.33. The fourth-order valence-corrected chi connectivity index (χ4v) is 3.63. The molecule has 0 radical (unpaired) electrons. The largest absolute Gasteiger partial charge is 0.378 e. The first-order valence-electron chi connectivity index (χ1n) is 8.05. The summed E-state index contributed by atoms with van der Waals surface area (Å²) >= 11 is 1.51. The van der Waals surface area contributed by atoms with E-state index >= 15 is 0 Å². The molecule has 0 amide bonds. The van der Waals surface area contributed by atoms with Gasteiger partial charge in [0.2, 0.25) is 0 Å². The number of carbonyl (C=O) groups excluding carboxylic acids is 1. The highest BCUT2D eigenvalue weighted by atomic mass is 32.1. The molecule has 2 aromatic heterocycles. The summed E-state index contributed by atoms with van der Waals surface area (Å²) in [4.78, 5) is 20.1. The molecular formula is C17H23N3O2S. The number of hydrogen-bond donors (Lipinski definition) is 0. The van der Waals surface area contributed by atoms with Crippen LogP contribution in [0.15, 0.2) is 29.9 Å². The van der Waals surface area contributed by atoms with Crippen LogP contribution in [0.1, 0.15) is 41.8 Å². The summed E-state index contributed by atoms with van der Waals surface area (Å²) in [5.41, 5.74) is 0. The van der Waals surface area contributed by atoms with Crippen LogP contribution in [0.25, 0.3) is 0 Å². The fourth-order valence-electron chi connectivity index (χ4n) is 2.96. The number of aromatic nitrogens is 2. The van der Waals surface area contributed by atoms with Gasteiger partial charge in [0.25, 0.3) is 0 Å². The van der Waals surface area contributed by atoms with Crippen LogP contribution in [0.3, 0.4) is 0 Å². The predicted octanol–water partition coefficient (Wildman–Crippen LogP) is 3.00. The lowest BCUT2D eigenvalue weighted by atomic mass is 10.1. The van der Waals surface area contributed by atoms with Crippen LogP contribution in [0.2, 0.25) is 0 Å². The van der Waals surface area contributed by atoms with Crippen molar-refractivity contribution in [1.82, 2.24) is 14.5 Å². The highest BCUT2D eigenvalue weighted by Crippen LogP contribution is 2.19. The monoisotopic (exact) mass is 333 g/mol. The topological polar surface area (TPSA) is 47.4 Å². The third-order valence-electron chi connectivity index (χ3n) is 4.22. The number of morpholine rings is 1. The summed E-state index contributed by atoms with van der Waals surface area (Å²) in [6.45, 7) is 7.24. The lowest BCUT2D eigenvalue weighted by molar-refractivity contribution is -0.0141. The maximum atomic E-state index is 12.4. The number of ketones is 1. The normalized spacial score (nSPS) is 19.3. The van der Waals surface area contributed by atoms with Gasteiger partial charge in [0, 0.05) is 37.4 Å². The molecule has 0 unspecified atom stereocenters. The van der Waals surface area contributed by atoms with E-state index in [0.717, 1.165) is 23.8 Å². The minimum Gasteiger partial charge on any atom is -0.378 e. The zero-order valence-electron chi connectivity index (χ0n) is 13.6. The van der Waals surface area contributed by atoms with Gasteiger partial charge in [0.05, 0.1) is 24.6 Å². The zero-order valence-corrected chi connectivity index (χ0v) is 14.5. The number of imidazole rings is 1. The van der Waals surface area contributed by atoms with E-state index in [1.807, 2.05) is 29.9 Å². The summed E-state index contributed by atoms with van der Waals surface area (Å²) in [5.74, 6) is 1.25. The Kier molecular flexibility index (Phi) is 5.25. The molecule has 6 heteroatoms. The number of ether oxygens (including phenoxy) is 1. The number of nitrogens with zero attached hydrogens (tertiary/aromatic N) is 3. The quantitative estimate of drug-likeness (QED) is 0.763. The van der Waals surface area contributed by atoms with Crippen molar-refractivity contribution in [1.29, 1.82) is 0 Å². The fraction of sp³-hybridized carbons (Fsp3) is 0.529. The molecule has 0 aliphatic carbocycles. The van der Waals surface area contributed by atoms with Crippen LogP contribution in [0.4, 0.5) is 0 Å². The molecule has 1 aliphatic heterocycles. The molecule has 5 nitrogen and oxygen atoms in total. The lowest BCUT2D eigenvalue weighted by Crippen LogP contribution is -2.46. The van der Waals surface area contributed by atoms with Crippen molar-refractivity contribution >= 4 is 17.1 Å². The van der Waals surface area contributed by atoms with Gasteiger partial charge < -0.3 is 9.30 Å². The highest BCUT2D eigenvalue weighted by molar-refractivity contribution is 7.12. The Labute approximate surface area is 140 Å². The molecule has 0 N–H and O–H groups in total. The number of Topliss-reactive ketones (excluding diaryl/α,β-unsaturated/α-hetero) is 1. The maximum absolute atomic E-state index is 12.4. The Balaban J connectivity index is 1.69. The van der Waals surface area contributed by atoms with Crippen LogP contribution < -0.4 is 0 Å². The second-order valence-corrected chi connectivity index (χ2v) is 7.10. The molecule has 1 aliphatic rings.